The Morgan fingerprint density at radius 1 is 1.47 bits per heavy atom. The molecule has 6 nitrogen and oxygen atoms in total. The third-order valence-electron chi connectivity index (χ3n) is 1.48. The van der Waals surface area contributed by atoms with Gasteiger partial charge in [0.2, 0.25) is 0 Å². The fraction of sp³-hybridized carbons (Fsp3) is 0.375. The van der Waals surface area contributed by atoms with Crippen molar-refractivity contribution in [2.24, 2.45) is 0 Å². The van der Waals surface area contributed by atoms with Gasteiger partial charge in [0, 0.05) is 24.7 Å². The van der Waals surface area contributed by atoms with Gasteiger partial charge in [0.05, 0.1) is 0 Å². The van der Waals surface area contributed by atoms with E-state index >= 15 is 0 Å². The van der Waals surface area contributed by atoms with Gasteiger partial charge in [0.15, 0.2) is 5.13 Å². The Morgan fingerprint density at radius 2 is 2.27 bits per heavy atom. The molecule has 1 aromatic rings. The molecule has 0 radical (unpaired) electrons. The zero-order valence-corrected chi connectivity index (χ0v) is 8.71. The number of nitrogens with one attached hydrogen (secondary N) is 2. The molecule has 15 heavy (non-hydrogen) atoms. The van der Waals surface area contributed by atoms with Crippen LogP contribution in [0.1, 0.15) is 6.42 Å². The minimum atomic E-state index is -0.747. The molecule has 0 unspecified atom stereocenters. The topological polar surface area (TPSA) is 91.3 Å². The third kappa shape index (κ3) is 4.05. The molecule has 0 aromatic carbocycles. The summed E-state index contributed by atoms with van der Waals surface area (Å²) >= 11 is 1.23. The van der Waals surface area contributed by atoms with Crippen molar-refractivity contribution in [2.75, 3.05) is 18.5 Å². The smallest absolute Gasteiger partial charge is 0.315 e. The first-order valence-electron chi connectivity index (χ1n) is 4.33. The molecule has 7 heteroatoms. The van der Waals surface area contributed by atoms with Crippen LogP contribution in [0.15, 0.2) is 11.6 Å². The van der Waals surface area contributed by atoms with E-state index in [1.807, 2.05) is 0 Å². The zero-order valence-electron chi connectivity index (χ0n) is 7.90. The van der Waals surface area contributed by atoms with E-state index in [1.165, 1.54) is 17.5 Å². The molecule has 0 atom stereocenters. The number of hydrogen-bond acceptors (Lipinski definition) is 5. The quantitative estimate of drug-likeness (QED) is 0.483. The van der Waals surface area contributed by atoms with E-state index < -0.39 is 11.8 Å². The lowest BCUT2D eigenvalue weighted by Crippen LogP contribution is -2.36. The number of hydrogen-bond donors (Lipinski definition) is 3. The third-order valence-corrected chi connectivity index (χ3v) is 2.17. The van der Waals surface area contributed by atoms with Crippen molar-refractivity contribution in [2.45, 2.75) is 6.42 Å². The van der Waals surface area contributed by atoms with Crippen LogP contribution in [-0.2, 0) is 9.59 Å². The van der Waals surface area contributed by atoms with Gasteiger partial charge in [-0.2, -0.15) is 0 Å². The number of carbonyl (C=O) groups is 2. The van der Waals surface area contributed by atoms with Crippen molar-refractivity contribution < 1.29 is 14.7 Å². The molecular weight excluding hydrogens is 218 g/mol. The monoisotopic (exact) mass is 229 g/mol. The molecule has 0 aliphatic heterocycles. The maximum absolute atomic E-state index is 11.2. The van der Waals surface area contributed by atoms with Crippen molar-refractivity contribution in [3.63, 3.8) is 0 Å². The van der Waals surface area contributed by atoms with E-state index in [9.17, 15) is 9.59 Å². The number of aliphatic hydroxyl groups is 1. The predicted molar refractivity (Wildman–Crippen MR) is 55.5 cm³/mol. The van der Waals surface area contributed by atoms with Crippen LogP contribution in [0.2, 0.25) is 0 Å². The van der Waals surface area contributed by atoms with E-state index in [4.69, 9.17) is 5.11 Å². The molecule has 0 aliphatic carbocycles. The first kappa shape index (κ1) is 11.6. The van der Waals surface area contributed by atoms with Crippen LogP contribution in [0.4, 0.5) is 5.13 Å². The van der Waals surface area contributed by atoms with Gasteiger partial charge in [-0.15, -0.1) is 11.3 Å². The van der Waals surface area contributed by atoms with E-state index in [-0.39, 0.29) is 13.2 Å². The molecule has 0 spiro atoms. The Hall–Kier alpha value is -1.47. The molecule has 3 N–H and O–H groups in total. The minimum absolute atomic E-state index is 0.0195. The predicted octanol–water partition coefficient (Wildman–Crippen LogP) is -0.420. The highest BCUT2D eigenvalue weighted by atomic mass is 32.1. The summed E-state index contributed by atoms with van der Waals surface area (Å²) in [4.78, 5) is 26.1. The lowest BCUT2D eigenvalue weighted by atomic mass is 10.4. The summed E-state index contributed by atoms with van der Waals surface area (Å²) in [5.41, 5.74) is 0. The van der Waals surface area contributed by atoms with E-state index in [2.05, 4.69) is 15.6 Å². The Kier molecular flexibility index (Phi) is 4.72. The second kappa shape index (κ2) is 6.10. The molecule has 2 amide bonds. The maximum Gasteiger partial charge on any atom is 0.315 e. The van der Waals surface area contributed by atoms with Crippen LogP contribution in [0.5, 0.6) is 0 Å². The highest BCUT2D eigenvalue weighted by Gasteiger charge is 2.13. The number of thiazole rings is 1. The van der Waals surface area contributed by atoms with Gasteiger partial charge in [-0.25, -0.2) is 4.98 Å². The molecule has 0 fully saturated rings. The number of nitrogens with zero attached hydrogens (tertiary/aromatic N) is 1. The van der Waals surface area contributed by atoms with Gasteiger partial charge in [-0.1, -0.05) is 0 Å². The standard InChI is InChI=1S/C8H11N3O3S/c12-4-1-2-9-6(13)7(14)11-8-10-3-5-15-8/h3,5,12H,1-2,4H2,(H,9,13)(H,10,11,14). The van der Waals surface area contributed by atoms with Gasteiger partial charge in [-0.3, -0.25) is 14.9 Å². The highest BCUT2D eigenvalue weighted by molar-refractivity contribution is 7.13. The van der Waals surface area contributed by atoms with Crippen molar-refractivity contribution in [1.82, 2.24) is 10.3 Å². The van der Waals surface area contributed by atoms with Crippen LogP contribution < -0.4 is 10.6 Å². The van der Waals surface area contributed by atoms with Gasteiger partial charge in [0.1, 0.15) is 0 Å². The summed E-state index contributed by atoms with van der Waals surface area (Å²) in [5.74, 6) is -1.47. The highest BCUT2D eigenvalue weighted by Crippen LogP contribution is 2.09. The lowest BCUT2D eigenvalue weighted by molar-refractivity contribution is -0.136. The summed E-state index contributed by atoms with van der Waals surface area (Å²) < 4.78 is 0. The summed E-state index contributed by atoms with van der Waals surface area (Å²) in [6.07, 6.45) is 1.96. The Labute approximate surface area is 90.3 Å². The molecule has 0 aliphatic rings. The Morgan fingerprint density at radius 3 is 2.87 bits per heavy atom. The number of anilines is 1. The molecule has 0 saturated heterocycles. The van der Waals surface area contributed by atoms with E-state index in [0.29, 0.717) is 11.6 Å². The minimum Gasteiger partial charge on any atom is -0.396 e. The van der Waals surface area contributed by atoms with Crippen molar-refractivity contribution in [1.29, 1.82) is 0 Å². The summed E-state index contributed by atoms with van der Waals surface area (Å²) in [5, 5.41) is 15.2. The number of carbonyl (C=O) groups excluding carboxylic acids is 2. The number of aliphatic hydroxyl groups excluding tert-OH is 1. The molecule has 0 saturated carbocycles. The molecule has 1 heterocycles. The maximum atomic E-state index is 11.2. The summed E-state index contributed by atoms with van der Waals surface area (Å²) in [7, 11) is 0. The second-order valence-corrected chi connectivity index (χ2v) is 3.52. The fourth-order valence-corrected chi connectivity index (χ4v) is 1.32. The van der Waals surface area contributed by atoms with Gasteiger partial charge >= 0.3 is 11.8 Å². The van der Waals surface area contributed by atoms with Crippen LogP contribution in [0.25, 0.3) is 0 Å². The zero-order chi connectivity index (χ0) is 11.1. The fourth-order valence-electron chi connectivity index (χ4n) is 0.800. The lowest BCUT2D eigenvalue weighted by Gasteiger charge is -2.02. The number of aromatic nitrogens is 1. The molecular formula is C8H11N3O3S. The average Bonchev–Trinajstić information content (AvgIpc) is 2.70. The summed E-state index contributed by atoms with van der Waals surface area (Å²) in [6, 6.07) is 0. The van der Waals surface area contributed by atoms with Gasteiger partial charge < -0.3 is 10.4 Å². The van der Waals surface area contributed by atoms with Crippen molar-refractivity contribution in [3.8, 4) is 0 Å². The Balaban J connectivity index is 2.30. The van der Waals surface area contributed by atoms with E-state index in [0.717, 1.165) is 0 Å². The summed E-state index contributed by atoms with van der Waals surface area (Å²) in [6.45, 7) is 0.259. The molecule has 1 aromatic heterocycles. The van der Waals surface area contributed by atoms with Crippen LogP contribution in [0, 0.1) is 0 Å². The second-order valence-electron chi connectivity index (χ2n) is 2.62. The Bertz CT molecular complexity index is 326. The van der Waals surface area contributed by atoms with Crippen LogP contribution in [0.3, 0.4) is 0 Å². The number of amides is 2. The first-order chi connectivity index (χ1) is 7.24. The average molecular weight is 229 g/mol. The van der Waals surface area contributed by atoms with Crippen LogP contribution in [-0.4, -0.2) is 35.1 Å². The van der Waals surface area contributed by atoms with Crippen molar-refractivity contribution >= 4 is 28.3 Å². The first-order valence-corrected chi connectivity index (χ1v) is 5.21. The molecule has 0 bridgehead atoms. The van der Waals surface area contributed by atoms with Crippen molar-refractivity contribution in [3.05, 3.63) is 11.6 Å². The van der Waals surface area contributed by atoms with Crippen LogP contribution >= 0.6 is 11.3 Å². The normalized spacial score (nSPS) is 9.67. The van der Waals surface area contributed by atoms with Gasteiger partial charge in [0.25, 0.3) is 0 Å². The molecule has 82 valence electrons. The number of rotatable bonds is 4. The SMILES string of the molecule is O=C(NCCCO)C(=O)Nc1nccs1. The largest absolute Gasteiger partial charge is 0.396 e. The van der Waals surface area contributed by atoms with Gasteiger partial charge in [-0.05, 0) is 6.42 Å². The molecule has 1 rings (SSSR count). The van der Waals surface area contributed by atoms with E-state index in [1.54, 1.807) is 5.38 Å².